The molecule has 0 saturated carbocycles. The number of thiocarbonyl (C=S) groups is 1. The van der Waals surface area contributed by atoms with Gasteiger partial charge in [0.15, 0.2) is 0 Å². The second-order valence-electron chi connectivity index (χ2n) is 4.48. The summed E-state index contributed by atoms with van der Waals surface area (Å²) in [6.07, 6.45) is 6.93. The van der Waals surface area contributed by atoms with Crippen molar-refractivity contribution in [1.82, 2.24) is 10.3 Å². The molecule has 1 unspecified atom stereocenters. The van der Waals surface area contributed by atoms with Crippen LogP contribution in [0.25, 0.3) is 0 Å². The molecule has 0 bridgehead atoms. The highest BCUT2D eigenvalue weighted by Gasteiger charge is 2.15. The lowest BCUT2D eigenvalue weighted by atomic mass is 9.94. The van der Waals surface area contributed by atoms with E-state index in [-0.39, 0.29) is 12.5 Å². The van der Waals surface area contributed by atoms with Crippen LogP contribution in [-0.4, -0.2) is 38.3 Å². The summed E-state index contributed by atoms with van der Waals surface area (Å²) in [6.45, 7) is 0.213. The molecule has 1 aromatic heterocycles. The highest BCUT2D eigenvalue weighted by atomic mass is 32.2. The summed E-state index contributed by atoms with van der Waals surface area (Å²) in [5, 5.41) is 3.01. The lowest BCUT2D eigenvalue weighted by molar-refractivity contribution is 0.310. The molecule has 0 aromatic carbocycles. The Labute approximate surface area is 125 Å². The van der Waals surface area contributed by atoms with E-state index in [1.54, 1.807) is 19.4 Å². The largest absolute Gasteiger partial charge is 0.382 e. The number of rotatable bonds is 8. The lowest BCUT2D eigenvalue weighted by Gasteiger charge is -2.17. The number of pyridine rings is 1. The van der Waals surface area contributed by atoms with E-state index in [2.05, 4.69) is 10.3 Å². The third-order valence-corrected chi connectivity index (χ3v) is 3.92. The number of nitrogens with zero attached hydrogens (tertiary/aromatic N) is 1. The number of aromatic nitrogens is 1. The van der Waals surface area contributed by atoms with Gasteiger partial charge in [0.25, 0.3) is 10.1 Å². The predicted octanol–water partition coefficient (Wildman–Crippen LogP) is 1.86. The van der Waals surface area contributed by atoms with E-state index in [9.17, 15) is 8.42 Å². The van der Waals surface area contributed by atoms with Gasteiger partial charge < -0.3 is 5.32 Å². The Morgan fingerprint density at radius 2 is 2.25 bits per heavy atom. The quantitative estimate of drug-likeness (QED) is 0.448. The molecule has 5 nitrogen and oxygen atoms in total. The van der Waals surface area contributed by atoms with Crippen LogP contribution in [0.3, 0.4) is 0 Å². The van der Waals surface area contributed by atoms with Crippen molar-refractivity contribution in [2.75, 3.05) is 19.9 Å². The van der Waals surface area contributed by atoms with Gasteiger partial charge in [0.1, 0.15) is 0 Å². The van der Waals surface area contributed by atoms with E-state index in [4.69, 9.17) is 16.4 Å². The Morgan fingerprint density at radius 1 is 1.50 bits per heavy atom. The van der Waals surface area contributed by atoms with Gasteiger partial charge in [0.05, 0.1) is 17.9 Å². The number of nitrogens with one attached hydrogen (secondary N) is 1. The van der Waals surface area contributed by atoms with Crippen LogP contribution >= 0.6 is 12.2 Å². The maximum atomic E-state index is 10.8. The summed E-state index contributed by atoms with van der Waals surface area (Å²) < 4.78 is 26.4. The molecule has 0 saturated heterocycles. The van der Waals surface area contributed by atoms with E-state index >= 15 is 0 Å². The minimum absolute atomic E-state index is 0.0990. The van der Waals surface area contributed by atoms with Gasteiger partial charge in [-0.2, -0.15) is 8.42 Å². The molecule has 0 aliphatic rings. The Morgan fingerprint density at radius 3 is 2.80 bits per heavy atom. The second kappa shape index (κ2) is 8.28. The molecule has 0 radical (unpaired) electrons. The predicted molar refractivity (Wildman–Crippen MR) is 83.3 cm³/mol. The monoisotopic (exact) mass is 316 g/mol. The molecule has 0 fully saturated rings. The number of likely N-dealkylation sites (N-methyl/N-ethyl adjacent to an activating group) is 1. The molecule has 1 rings (SSSR count). The zero-order valence-electron chi connectivity index (χ0n) is 11.7. The van der Waals surface area contributed by atoms with Gasteiger partial charge in [-0.05, 0) is 24.5 Å². The molecule has 0 aliphatic carbocycles. The SMILES string of the molecule is CNC(=S)C(CCCCOS(C)(=O)=O)c1cccnc1. The minimum atomic E-state index is -3.35. The Bertz CT molecular complexity index is 518. The van der Waals surface area contributed by atoms with E-state index in [1.807, 2.05) is 12.1 Å². The van der Waals surface area contributed by atoms with Crippen molar-refractivity contribution in [3.63, 3.8) is 0 Å². The molecule has 112 valence electrons. The smallest absolute Gasteiger partial charge is 0.264 e. The molecule has 7 heteroatoms. The molecule has 1 heterocycles. The van der Waals surface area contributed by atoms with Crippen molar-refractivity contribution in [3.05, 3.63) is 30.1 Å². The zero-order valence-corrected chi connectivity index (χ0v) is 13.3. The van der Waals surface area contributed by atoms with Crippen molar-refractivity contribution < 1.29 is 12.6 Å². The summed E-state index contributed by atoms with van der Waals surface area (Å²) in [5.41, 5.74) is 1.07. The summed E-state index contributed by atoms with van der Waals surface area (Å²) in [5.74, 6) is 0.0990. The average molecular weight is 316 g/mol. The zero-order chi connectivity index (χ0) is 15.0. The molecule has 0 amide bonds. The van der Waals surface area contributed by atoms with Crippen LogP contribution < -0.4 is 5.32 Å². The maximum Gasteiger partial charge on any atom is 0.264 e. The highest BCUT2D eigenvalue weighted by molar-refractivity contribution is 7.86. The van der Waals surface area contributed by atoms with Crippen LogP contribution in [0.2, 0.25) is 0 Å². The van der Waals surface area contributed by atoms with Gasteiger partial charge >= 0.3 is 0 Å². The molecule has 20 heavy (non-hydrogen) atoms. The highest BCUT2D eigenvalue weighted by Crippen LogP contribution is 2.22. The lowest BCUT2D eigenvalue weighted by Crippen LogP contribution is -2.24. The van der Waals surface area contributed by atoms with Crippen molar-refractivity contribution in [1.29, 1.82) is 0 Å². The molecular formula is C13H20N2O3S2. The third kappa shape index (κ3) is 6.40. The maximum absolute atomic E-state index is 10.8. The molecule has 1 N–H and O–H groups in total. The first kappa shape index (κ1) is 17.0. The summed E-state index contributed by atoms with van der Waals surface area (Å²) in [7, 11) is -1.54. The molecular weight excluding hydrogens is 296 g/mol. The molecule has 0 spiro atoms. The van der Waals surface area contributed by atoms with Crippen LogP contribution in [0, 0.1) is 0 Å². The van der Waals surface area contributed by atoms with Crippen molar-refractivity contribution in [2.45, 2.75) is 25.2 Å². The van der Waals surface area contributed by atoms with E-state index in [0.717, 1.165) is 29.6 Å². The number of hydrogen-bond donors (Lipinski definition) is 1. The number of unbranched alkanes of at least 4 members (excludes halogenated alkanes) is 1. The fraction of sp³-hybridized carbons (Fsp3) is 0.538. The Hall–Kier alpha value is -1.05. The van der Waals surface area contributed by atoms with Gasteiger partial charge in [-0.1, -0.05) is 24.7 Å². The Kier molecular flexibility index (Phi) is 7.04. The number of hydrogen-bond acceptors (Lipinski definition) is 5. The van der Waals surface area contributed by atoms with Crippen molar-refractivity contribution in [2.24, 2.45) is 0 Å². The van der Waals surface area contributed by atoms with E-state index in [0.29, 0.717) is 6.42 Å². The van der Waals surface area contributed by atoms with Gasteiger partial charge in [-0.25, -0.2) is 0 Å². The third-order valence-electron chi connectivity index (χ3n) is 2.83. The first-order valence-corrected chi connectivity index (χ1v) is 8.62. The summed E-state index contributed by atoms with van der Waals surface area (Å²) in [6, 6.07) is 3.88. The van der Waals surface area contributed by atoms with Crippen molar-refractivity contribution >= 4 is 27.3 Å². The van der Waals surface area contributed by atoms with Crippen LogP contribution in [-0.2, 0) is 14.3 Å². The topological polar surface area (TPSA) is 68.3 Å². The standard InChI is InChI=1S/C13H20N2O3S2/c1-14-13(19)12(11-6-5-8-15-10-11)7-3-4-9-18-20(2,16)17/h5-6,8,10,12H,3-4,7,9H2,1-2H3,(H,14,19). The molecule has 1 aromatic rings. The van der Waals surface area contributed by atoms with Crippen LogP contribution in [0.4, 0.5) is 0 Å². The van der Waals surface area contributed by atoms with Gasteiger partial charge in [0, 0.05) is 25.4 Å². The van der Waals surface area contributed by atoms with E-state index < -0.39 is 10.1 Å². The summed E-state index contributed by atoms with van der Waals surface area (Å²) >= 11 is 5.33. The van der Waals surface area contributed by atoms with Crippen LogP contribution in [0.15, 0.2) is 24.5 Å². The van der Waals surface area contributed by atoms with Gasteiger partial charge in [-0.15, -0.1) is 0 Å². The molecule has 1 atom stereocenters. The van der Waals surface area contributed by atoms with Gasteiger partial charge in [-0.3, -0.25) is 9.17 Å². The second-order valence-corrected chi connectivity index (χ2v) is 6.56. The van der Waals surface area contributed by atoms with Gasteiger partial charge in [0.2, 0.25) is 0 Å². The Balaban J connectivity index is 2.49. The normalized spacial score (nSPS) is 12.9. The first-order chi connectivity index (χ1) is 9.44. The summed E-state index contributed by atoms with van der Waals surface area (Å²) in [4.78, 5) is 4.87. The van der Waals surface area contributed by atoms with Crippen molar-refractivity contribution in [3.8, 4) is 0 Å². The molecule has 0 aliphatic heterocycles. The average Bonchev–Trinajstić information content (AvgIpc) is 2.42. The minimum Gasteiger partial charge on any atom is -0.382 e. The van der Waals surface area contributed by atoms with Crippen LogP contribution in [0.5, 0.6) is 0 Å². The van der Waals surface area contributed by atoms with Crippen LogP contribution in [0.1, 0.15) is 30.7 Å². The fourth-order valence-corrected chi connectivity index (χ4v) is 2.54. The first-order valence-electron chi connectivity index (χ1n) is 6.40. The fourth-order valence-electron chi connectivity index (χ4n) is 1.87. The van der Waals surface area contributed by atoms with E-state index in [1.165, 1.54) is 0 Å².